The van der Waals surface area contributed by atoms with Crippen LogP contribution in [0.3, 0.4) is 0 Å². The molecule has 2 saturated heterocycles. The van der Waals surface area contributed by atoms with Crippen LogP contribution in [0, 0.1) is 6.92 Å². The number of nitrogens with two attached hydrogens (primary N) is 1. The third kappa shape index (κ3) is 7.14. The van der Waals surface area contributed by atoms with Crippen molar-refractivity contribution < 1.29 is 23.9 Å². The van der Waals surface area contributed by atoms with Gasteiger partial charge in [-0.2, -0.15) is 5.10 Å². The summed E-state index contributed by atoms with van der Waals surface area (Å²) in [6.07, 6.45) is 5.94. The predicted molar refractivity (Wildman–Crippen MR) is 179 cm³/mol. The van der Waals surface area contributed by atoms with Crippen LogP contribution in [0.2, 0.25) is 0 Å². The molecule has 0 bridgehead atoms. The van der Waals surface area contributed by atoms with Gasteiger partial charge in [0.05, 0.1) is 16.4 Å². The first-order valence-corrected chi connectivity index (χ1v) is 16.9. The van der Waals surface area contributed by atoms with Gasteiger partial charge in [-0.05, 0) is 52.2 Å². The van der Waals surface area contributed by atoms with E-state index in [1.54, 1.807) is 21.2 Å². The normalized spacial score (nSPS) is 19.2. The summed E-state index contributed by atoms with van der Waals surface area (Å²) in [7, 11) is 0. The highest BCUT2D eigenvalue weighted by Gasteiger charge is 2.32. The molecule has 0 saturated carbocycles. The van der Waals surface area contributed by atoms with Gasteiger partial charge in [0.15, 0.2) is 10.7 Å². The lowest BCUT2D eigenvalue weighted by atomic mass is 10.0. The summed E-state index contributed by atoms with van der Waals surface area (Å²) in [6, 6.07) is 1.94. The average molecular weight is 666 g/mol. The van der Waals surface area contributed by atoms with Crippen LogP contribution in [0.15, 0.2) is 18.5 Å². The minimum absolute atomic E-state index is 0.0226. The van der Waals surface area contributed by atoms with E-state index in [1.807, 2.05) is 33.8 Å². The number of aromatic nitrogens is 4. The summed E-state index contributed by atoms with van der Waals surface area (Å²) >= 11 is 1.32. The Labute approximate surface area is 277 Å². The molecule has 14 nitrogen and oxygen atoms in total. The molecule has 3 aliphatic rings. The number of amides is 3. The van der Waals surface area contributed by atoms with Crippen LogP contribution in [0.25, 0.3) is 11.1 Å². The summed E-state index contributed by atoms with van der Waals surface area (Å²) in [6.45, 7) is 12.4. The van der Waals surface area contributed by atoms with Crippen molar-refractivity contribution in [2.75, 3.05) is 49.9 Å². The van der Waals surface area contributed by atoms with E-state index in [0.29, 0.717) is 67.7 Å². The van der Waals surface area contributed by atoms with E-state index in [0.717, 1.165) is 41.3 Å². The third-order valence-electron chi connectivity index (χ3n) is 8.63. The van der Waals surface area contributed by atoms with Crippen molar-refractivity contribution in [3.05, 3.63) is 34.0 Å². The number of aryl methyl sites for hydroxylation is 1. The quantitative estimate of drug-likeness (QED) is 0.399. The molecule has 47 heavy (non-hydrogen) atoms. The molecule has 1 atom stereocenters. The lowest BCUT2D eigenvalue weighted by molar-refractivity contribution is -0.127. The van der Waals surface area contributed by atoms with E-state index in [9.17, 15) is 14.4 Å². The fourth-order valence-corrected chi connectivity index (χ4v) is 7.09. The average Bonchev–Trinajstić information content (AvgIpc) is 3.74. The molecule has 0 radical (unpaired) electrons. The largest absolute Gasteiger partial charge is 0.473 e. The number of carbonyl (C=O) groups excluding carboxylic acids is 3. The third-order valence-corrected chi connectivity index (χ3v) is 9.59. The highest BCUT2D eigenvalue weighted by atomic mass is 32.1. The maximum atomic E-state index is 13.6. The van der Waals surface area contributed by atoms with Gasteiger partial charge in [0.2, 0.25) is 11.8 Å². The van der Waals surface area contributed by atoms with Gasteiger partial charge in [0, 0.05) is 65.1 Å². The van der Waals surface area contributed by atoms with E-state index in [1.165, 1.54) is 17.7 Å². The second-order valence-corrected chi connectivity index (χ2v) is 14.6. The van der Waals surface area contributed by atoms with E-state index in [4.69, 9.17) is 15.2 Å². The number of hydrogen-bond donors (Lipinski definition) is 2. The molecule has 3 N–H and O–H groups in total. The monoisotopic (exact) mass is 665 g/mol. The number of carbonyl (C=O) groups is 3. The smallest absolute Gasteiger partial charge is 0.410 e. The molecular weight excluding hydrogens is 622 g/mol. The number of hydrogen-bond acceptors (Lipinski definition) is 11. The lowest BCUT2D eigenvalue weighted by Gasteiger charge is -2.34. The summed E-state index contributed by atoms with van der Waals surface area (Å²) in [5.74, 6) is 0.516. The number of thiazole rings is 1. The number of piperidine rings is 2. The molecule has 3 aromatic heterocycles. The van der Waals surface area contributed by atoms with Crippen molar-refractivity contribution in [1.29, 1.82) is 0 Å². The molecule has 6 heterocycles. The second-order valence-electron chi connectivity index (χ2n) is 13.4. The number of nitrogens with zero attached hydrogens (tertiary/aromatic N) is 7. The zero-order chi connectivity index (χ0) is 33.5. The summed E-state index contributed by atoms with van der Waals surface area (Å²) in [5.41, 5.74) is 9.33. The van der Waals surface area contributed by atoms with Crippen LogP contribution >= 0.6 is 11.3 Å². The number of ether oxygens (including phenoxy) is 2. The predicted octanol–water partition coefficient (Wildman–Crippen LogP) is 3.50. The number of rotatable bonds is 6. The Bertz CT molecular complexity index is 1700. The van der Waals surface area contributed by atoms with Crippen molar-refractivity contribution in [3.8, 4) is 5.88 Å². The first kappa shape index (κ1) is 32.5. The Morgan fingerprint density at radius 2 is 1.87 bits per heavy atom. The maximum absolute atomic E-state index is 13.6. The van der Waals surface area contributed by atoms with Gasteiger partial charge in [-0.1, -0.05) is 6.08 Å². The van der Waals surface area contributed by atoms with Crippen molar-refractivity contribution in [2.45, 2.75) is 78.0 Å². The SMILES string of the molecule is CC(=O)N1CC=C(c2cc(N3CCC[C@@H](NC(=O)c4sc(C)nc4OC4CCN(C(=O)OC(C)(C)C)CC4)C3)c3c(N)ncnn23)C1. The van der Waals surface area contributed by atoms with E-state index in [2.05, 4.69) is 31.3 Å². The number of likely N-dealkylation sites (tertiary alicyclic amines) is 1. The first-order chi connectivity index (χ1) is 22.4. The van der Waals surface area contributed by atoms with Crippen LogP contribution in [0.5, 0.6) is 5.88 Å². The Balaban J connectivity index is 1.12. The maximum Gasteiger partial charge on any atom is 0.410 e. The molecule has 0 unspecified atom stereocenters. The Kier molecular flexibility index (Phi) is 9.01. The van der Waals surface area contributed by atoms with E-state index < -0.39 is 5.60 Å². The van der Waals surface area contributed by atoms with Gasteiger partial charge < -0.3 is 35.2 Å². The lowest BCUT2D eigenvalue weighted by Crippen LogP contribution is -2.47. The number of nitrogen functional groups attached to an aromatic ring is 1. The molecule has 0 spiro atoms. The topological polar surface area (TPSA) is 161 Å². The molecule has 15 heteroatoms. The van der Waals surface area contributed by atoms with E-state index in [-0.39, 0.29) is 30.1 Å². The minimum atomic E-state index is -0.548. The van der Waals surface area contributed by atoms with Gasteiger partial charge in [-0.3, -0.25) is 9.59 Å². The summed E-state index contributed by atoms with van der Waals surface area (Å²) in [5, 5.41) is 8.48. The van der Waals surface area contributed by atoms with Gasteiger partial charge in [-0.25, -0.2) is 19.3 Å². The zero-order valence-electron chi connectivity index (χ0n) is 27.6. The number of anilines is 2. The molecule has 3 aromatic rings. The first-order valence-electron chi connectivity index (χ1n) is 16.1. The summed E-state index contributed by atoms with van der Waals surface area (Å²) in [4.78, 5) is 53.0. The molecule has 3 aliphatic heterocycles. The van der Waals surface area contributed by atoms with Crippen LogP contribution in [-0.4, -0.2) is 104 Å². The Hall–Kier alpha value is -4.40. The summed E-state index contributed by atoms with van der Waals surface area (Å²) < 4.78 is 13.6. The van der Waals surface area contributed by atoms with Gasteiger partial charge >= 0.3 is 6.09 Å². The van der Waals surface area contributed by atoms with E-state index >= 15 is 0 Å². The van der Waals surface area contributed by atoms with Crippen molar-refractivity contribution >= 4 is 51.8 Å². The molecule has 3 amide bonds. The minimum Gasteiger partial charge on any atom is -0.473 e. The zero-order valence-corrected chi connectivity index (χ0v) is 28.4. The van der Waals surface area contributed by atoms with Crippen LogP contribution in [-0.2, 0) is 9.53 Å². The van der Waals surface area contributed by atoms with Crippen LogP contribution in [0.4, 0.5) is 16.3 Å². The standard InChI is InChI=1S/C32H43N9O5S/c1-19-36-30(45-23-9-13-38(14-10-23)31(44)46-32(3,4)5)27(47-19)29(43)37-22-7-6-11-40(17-22)25-15-24(21-8-12-39(16-21)20(2)42)41-26(25)28(33)34-18-35-41/h8,15,18,22-23H,6-7,9-14,16-17H2,1-5H3,(H,37,43)(H2,33,34,35)/t22-/m1/s1. The molecule has 0 aromatic carbocycles. The number of nitrogens with one attached hydrogen (secondary N) is 1. The van der Waals surface area contributed by atoms with Crippen molar-refractivity contribution in [3.63, 3.8) is 0 Å². The highest BCUT2D eigenvalue weighted by Crippen LogP contribution is 2.35. The van der Waals surface area contributed by atoms with Crippen molar-refractivity contribution in [1.82, 2.24) is 34.7 Å². The van der Waals surface area contributed by atoms with Crippen LogP contribution in [0.1, 0.15) is 73.8 Å². The fraction of sp³-hybridized carbons (Fsp3) is 0.562. The van der Waals surface area contributed by atoms with Gasteiger partial charge in [-0.15, -0.1) is 11.3 Å². The number of fused-ring (bicyclic) bond motifs is 1. The Morgan fingerprint density at radius 3 is 2.57 bits per heavy atom. The molecule has 0 aliphatic carbocycles. The molecule has 6 rings (SSSR count). The highest BCUT2D eigenvalue weighted by molar-refractivity contribution is 7.13. The molecular formula is C32H43N9O5S. The molecule has 2 fully saturated rings. The Morgan fingerprint density at radius 1 is 1.11 bits per heavy atom. The molecule has 252 valence electrons. The van der Waals surface area contributed by atoms with Crippen molar-refractivity contribution in [2.24, 2.45) is 0 Å². The fourth-order valence-electron chi connectivity index (χ4n) is 6.34. The van der Waals surface area contributed by atoms with Gasteiger partial charge in [0.1, 0.15) is 23.5 Å². The van der Waals surface area contributed by atoms with Gasteiger partial charge in [0.25, 0.3) is 5.91 Å². The van der Waals surface area contributed by atoms with Crippen LogP contribution < -0.4 is 20.7 Å². The second kappa shape index (κ2) is 13.0.